The molecule has 0 aliphatic heterocycles. The molecule has 0 saturated carbocycles. The van der Waals surface area contributed by atoms with Crippen LogP contribution in [0.4, 0.5) is 13.2 Å². The lowest BCUT2D eigenvalue weighted by molar-refractivity contribution is -0.137. The first-order valence-electron chi connectivity index (χ1n) is 15.8. The van der Waals surface area contributed by atoms with Gasteiger partial charge in [0.25, 0.3) is 0 Å². The van der Waals surface area contributed by atoms with Crippen molar-refractivity contribution >= 4 is 43.6 Å². The van der Waals surface area contributed by atoms with E-state index in [1.54, 1.807) is 6.07 Å². The third-order valence-corrected chi connectivity index (χ3v) is 9.37. The predicted molar refractivity (Wildman–Crippen MR) is 189 cm³/mol. The Balaban J connectivity index is 1.59. The second-order valence-corrected chi connectivity index (χ2v) is 12.8. The fraction of sp³-hybridized carbons (Fsp3) is 0.119. The van der Waals surface area contributed by atoms with E-state index >= 15 is 0 Å². The fourth-order valence-corrected chi connectivity index (χ4v) is 7.13. The van der Waals surface area contributed by atoms with E-state index in [4.69, 9.17) is 0 Å². The number of nitriles is 1. The van der Waals surface area contributed by atoms with Gasteiger partial charge in [-0.3, -0.25) is 0 Å². The summed E-state index contributed by atoms with van der Waals surface area (Å²) < 4.78 is 46.2. The maximum atomic E-state index is 13.9. The average Bonchev–Trinajstić information content (AvgIpc) is 3.54. The van der Waals surface area contributed by atoms with Crippen LogP contribution in [0.1, 0.15) is 33.4 Å². The number of aromatic nitrogens is 2. The molecule has 234 valence electrons. The molecule has 2 heterocycles. The number of fused-ring (bicyclic) bond motifs is 6. The maximum Gasteiger partial charge on any atom is 0.416 e. The van der Waals surface area contributed by atoms with Crippen molar-refractivity contribution in [3.05, 3.63) is 143 Å². The lowest BCUT2D eigenvalue weighted by Crippen LogP contribution is -2.07. The van der Waals surface area contributed by atoms with Gasteiger partial charge in [-0.05, 0) is 104 Å². The van der Waals surface area contributed by atoms with Crippen LogP contribution in [0, 0.1) is 39.0 Å². The van der Waals surface area contributed by atoms with Gasteiger partial charge in [-0.25, -0.2) is 0 Å². The second-order valence-electron chi connectivity index (χ2n) is 12.8. The van der Waals surface area contributed by atoms with E-state index in [0.717, 1.165) is 89.4 Å². The van der Waals surface area contributed by atoms with Crippen LogP contribution in [0.3, 0.4) is 0 Å². The number of rotatable bonds is 3. The molecule has 48 heavy (non-hydrogen) atoms. The molecule has 0 aliphatic rings. The Morgan fingerprint density at radius 3 is 1.33 bits per heavy atom. The minimum atomic E-state index is -4.52. The van der Waals surface area contributed by atoms with E-state index in [9.17, 15) is 18.4 Å². The van der Waals surface area contributed by atoms with Crippen molar-refractivity contribution in [2.75, 3.05) is 0 Å². The molecule has 0 bridgehead atoms. The molecule has 8 rings (SSSR count). The summed E-state index contributed by atoms with van der Waals surface area (Å²) in [6.45, 7) is 8.23. The molecule has 8 aromatic rings. The molecule has 0 amide bonds. The number of alkyl halides is 3. The molecule has 0 atom stereocenters. The smallest absolute Gasteiger partial charge is 0.307 e. The Morgan fingerprint density at radius 2 is 0.938 bits per heavy atom. The second kappa shape index (κ2) is 10.6. The Hall–Kier alpha value is -5.80. The lowest BCUT2D eigenvalue weighted by atomic mass is 9.96. The number of aryl methyl sites for hydroxylation is 4. The number of benzene rings is 6. The quantitative estimate of drug-likeness (QED) is 0.191. The summed E-state index contributed by atoms with van der Waals surface area (Å²) in [6, 6.07) is 36.8. The number of hydrogen-bond donors (Lipinski definition) is 0. The van der Waals surface area contributed by atoms with Gasteiger partial charge in [-0.2, -0.15) is 18.4 Å². The first-order valence-corrected chi connectivity index (χ1v) is 15.8. The van der Waals surface area contributed by atoms with Gasteiger partial charge in [0, 0.05) is 27.1 Å². The molecule has 6 heteroatoms. The molecule has 3 nitrogen and oxygen atoms in total. The Bertz CT molecular complexity index is 2540. The minimum absolute atomic E-state index is 0.288. The third-order valence-electron chi connectivity index (χ3n) is 9.37. The average molecular weight is 634 g/mol. The van der Waals surface area contributed by atoms with E-state index in [2.05, 4.69) is 116 Å². The SMILES string of the molecule is Cc1ccc2c3ccc(C)cc3n(-c3cc(C#N)c(-c4cccc(C(F)(F)F)c4)cc3-n3c4cc(C)ccc4c4ccc(C)cc43)c2c1. The number of nitrogens with zero attached hydrogens (tertiary/aromatic N) is 3. The summed E-state index contributed by atoms with van der Waals surface area (Å²) in [6.07, 6.45) is -4.52. The molecule has 2 aromatic heterocycles. The van der Waals surface area contributed by atoms with Gasteiger partial charge in [0.1, 0.15) is 0 Å². The Labute approximate surface area is 275 Å². The molecule has 6 aromatic carbocycles. The molecular formula is C42H30F3N3. The van der Waals surface area contributed by atoms with Crippen LogP contribution in [0.25, 0.3) is 66.1 Å². The van der Waals surface area contributed by atoms with Crippen molar-refractivity contribution in [3.8, 4) is 28.6 Å². The van der Waals surface area contributed by atoms with Crippen LogP contribution in [-0.2, 0) is 6.18 Å². The van der Waals surface area contributed by atoms with Crippen LogP contribution in [0.5, 0.6) is 0 Å². The van der Waals surface area contributed by atoms with Crippen LogP contribution in [0.2, 0.25) is 0 Å². The van der Waals surface area contributed by atoms with Gasteiger partial charge in [0.15, 0.2) is 0 Å². The highest BCUT2D eigenvalue weighted by Gasteiger charge is 2.31. The van der Waals surface area contributed by atoms with Crippen LogP contribution >= 0.6 is 0 Å². The fourth-order valence-electron chi connectivity index (χ4n) is 7.13. The summed E-state index contributed by atoms with van der Waals surface area (Å²) in [5.41, 5.74) is 10.1. The lowest BCUT2D eigenvalue weighted by Gasteiger charge is -2.20. The van der Waals surface area contributed by atoms with Crippen molar-refractivity contribution in [3.63, 3.8) is 0 Å². The molecule has 0 fully saturated rings. The zero-order chi connectivity index (χ0) is 33.5. The van der Waals surface area contributed by atoms with Crippen molar-refractivity contribution < 1.29 is 13.2 Å². The van der Waals surface area contributed by atoms with E-state index in [1.165, 1.54) is 6.07 Å². The zero-order valence-electron chi connectivity index (χ0n) is 26.9. The summed E-state index contributed by atoms with van der Waals surface area (Å²) >= 11 is 0. The Kier molecular flexibility index (Phi) is 6.54. The number of halogens is 3. The van der Waals surface area contributed by atoms with Crippen molar-refractivity contribution in [1.29, 1.82) is 5.26 Å². The highest BCUT2D eigenvalue weighted by molar-refractivity contribution is 6.12. The van der Waals surface area contributed by atoms with E-state index < -0.39 is 11.7 Å². The Morgan fingerprint density at radius 1 is 0.521 bits per heavy atom. The van der Waals surface area contributed by atoms with Gasteiger partial charge < -0.3 is 9.13 Å². The van der Waals surface area contributed by atoms with E-state index in [0.29, 0.717) is 11.1 Å². The van der Waals surface area contributed by atoms with Crippen molar-refractivity contribution in [2.45, 2.75) is 33.9 Å². The molecule has 0 spiro atoms. The topological polar surface area (TPSA) is 33.6 Å². The molecule has 0 N–H and O–H groups in total. The predicted octanol–water partition coefficient (Wildman–Crippen LogP) is 11.7. The summed E-state index contributed by atoms with van der Waals surface area (Å²) in [7, 11) is 0. The first-order chi connectivity index (χ1) is 23.0. The zero-order valence-corrected chi connectivity index (χ0v) is 26.9. The largest absolute Gasteiger partial charge is 0.416 e. The van der Waals surface area contributed by atoms with Crippen LogP contribution in [-0.4, -0.2) is 9.13 Å². The summed E-state index contributed by atoms with van der Waals surface area (Å²) in [4.78, 5) is 0. The number of hydrogen-bond acceptors (Lipinski definition) is 1. The standard InChI is InChI=1S/C42H30F3N3/c1-24-8-12-31-32-13-9-25(2)17-37(32)47(36(31)16-24)40-21-29(23-46)35(28-6-5-7-30(20-28)42(43,44)45)22-41(40)48-38-18-26(3)10-14-33(38)34-15-11-27(4)19-39(34)48/h5-22H,1-4H3. The van der Waals surface area contributed by atoms with Crippen molar-refractivity contribution in [2.24, 2.45) is 0 Å². The van der Waals surface area contributed by atoms with Crippen LogP contribution in [0.15, 0.2) is 109 Å². The van der Waals surface area contributed by atoms with Gasteiger partial charge in [0.2, 0.25) is 0 Å². The van der Waals surface area contributed by atoms with Gasteiger partial charge in [0.05, 0.1) is 50.6 Å². The van der Waals surface area contributed by atoms with E-state index in [-0.39, 0.29) is 5.56 Å². The first kappa shape index (κ1) is 29.6. The maximum absolute atomic E-state index is 13.9. The minimum Gasteiger partial charge on any atom is -0.307 e. The third kappa shape index (κ3) is 4.57. The highest BCUT2D eigenvalue weighted by atomic mass is 19.4. The van der Waals surface area contributed by atoms with Gasteiger partial charge in [-0.1, -0.05) is 60.7 Å². The molecule has 0 saturated heterocycles. The highest BCUT2D eigenvalue weighted by Crippen LogP contribution is 2.42. The summed E-state index contributed by atoms with van der Waals surface area (Å²) in [5, 5.41) is 14.9. The van der Waals surface area contributed by atoms with Gasteiger partial charge in [-0.15, -0.1) is 0 Å². The van der Waals surface area contributed by atoms with Gasteiger partial charge >= 0.3 is 6.18 Å². The molecular weight excluding hydrogens is 603 g/mol. The molecule has 0 radical (unpaired) electrons. The van der Waals surface area contributed by atoms with E-state index in [1.807, 2.05) is 12.1 Å². The monoisotopic (exact) mass is 633 g/mol. The van der Waals surface area contributed by atoms with Crippen LogP contribution < -0.4 is 0 Å². The molecule has 0 unspecified atom stereocenters. The molecule has 0 aliphatic carbocycles. The van der Waals surface area contributed by atoms with Crippen molar-refractivity contribution in [1.82, 2.24) is 9.13 Å². The normalized spacial score (nSPS) is 12.0. The summed E-state index contributed by atoms with van der Waals surface area (Å²) in [5.74, 6) is 0.